The number of hydrogen-bond donors (Lipinski definition) is 3. The smallest absolute Gasteiger partial charge is 0.342 e. The Labute approximate surface area is 116 Å². The van der Waals surface area contributed by atoms with Gasteiger partial charge in [-0.15, -0.1) is 0 Å². The molecule has 0 aliphatic rings. The van der Waals surface area contributed by atoms with Crippen molar-refractivity contribution in [3.8, 4) is 0 Å². The van der Waals surface area contributed by atoms with Crippen molar-refractivity contribution < 1.29 is 19.9 Å². The van der Waals surface area contributed by atoms with E-state index in [4.69, 9.17) is 15.9 Å². The Morgan fingerprint density at radius 1 is 1.60 bits per heavy atom. The third-order valence-corrected chi connectivity index (χ3v) is 2.55. The molecular weight excluding hydrogens is 268 g/mol. The number of aliphatic hydroxyl groups is 1. The van der Waals surface area contributed by atoms with E-state index in [1.54, 1.807) is 20.8 Å². The lowest BCUT2D eigenvalue weighted by Gasteiger charge is -2.07. The fourth-order valence-corrected chi connectivity index (χ4v) is 1.26. The van der Waals surface area contributed by atoms with Crippen molar-refractivity contribution >= 4 is 11.8 Å². The van der Waals surface area contributed by atoms with Crippen molar-refractivity contribution in [3.63, 3.8) is 0 Å². The monoisotopic (exact) mass is 288 g/mol. The maximum Gasteiger partial charge on any atom is 0.342 e. The first-order chi connectivity index (χ1) is 9.22. The summed E-state index contributed by atoms with van der Waals surface area (Å²) in [6.45, 7) is 5.29. The van der Waals surface area contributed by atoms with Crippen molar-refractivity contribution in [3.05, 3.63) is 22.1 Å². The highest BCUT2D eigenvalue weighted by Gasteiger charge is 2.16. The largest absolute Gasteiger partial charge is 0.480 e. The fourth-order valence-electron chi connectivity index (χ4n) is 1.26. The first kappa shape index (κ1) is 18.0. The average molecular weight is 288 g/mol. The molecule has 1 rings (SSSR count). The standard InChI is InChI=1S/C6H9N3O3.C5H11NO2/c1-5-7-4-6(9(11)12)8(5)2-3-10;1-3(2)4(6)5(7)8/h4,10H,2-3H2,1H3;3-4H,6H2,1-2H3,(H,7,8)/t;4-/m.0/s1. The van der Waals surface area contributed by atoms with Crippen LogP contribution in [-0.4, -0.2) is 43.3 Å². The molecule has 9 nitrogen and oxygen atoms in total. The van der Waals surface area contributed by atoms with Crippen LogP contribution in [0.2, 0.25) is 0 Å². The zero-order valence-corrected chi connectivity index (χ0v) is 11.7. The third kappa shape index (κ3) is 5.33. The molecule has 1 aromatic rings. The average Bonchev–Trinajstić information content (AvgIpc) is 2.71. The fraction of sp³-hybridized carbons (Fsp3) is 0.636. The minimum atomic E-state index is -0.931. The molecule has 0 fully saturated rings. The summed E-state index contributed by atoms with van der Waals surface area (Å²) < 4.78 is 1.36. The van der Waals surface area contributed by atoms with Gasteiger partial charge < -0.3 is 26.1 Å². The van der Waals surface area contributed by atoms with E-state index in [0.717, 1.165) is 0 Å². The molecule has 0 aliphatic carbocycles. The van der Waals surface area contributed by atoms with Gasteiger partial charge in [0.05, 0.1) is 6.61 Å². The van der Waals surface area contributed by atoms with E-state index in [1.807, 2.05) is 0 Å². The van der Waals surface area contributed by atoms with E-state index in [0.29, 0.717) is 5.82 Å². The molecule has 114 valence electrons. The molecule has 1 heterocycles. The molecule has 0 saturated heterocycles. The molecule has 0 radical (unpaired) electrons. The Balaban J connectivity index is 0.000000396. The van der Waals surface area contributed by atoms with Crippen LogP contribution >= 0.6 is 0 Å². The predicted octanol–water partition coefficient (Wildman–Crippen LogP) is 0.146. The molecule has 0 aliphatic heterocycles. The molecule has 20 heavy (non-hydrogen) atoms. The summed E-state index contributed by atoms with van der Waals surface area (Å²) in [6, 6.07) is -0.713. The van der Waals surface area contributed by atoms with Crippen LogP contribution in [0.4, 0.5) is 5.82 Å². The van der Waals surface area contributed by atoms with Crippen LogP contribution in [0.5, 0.6) is 0 Å². The molecular formula is C11H20N4O5. The highest BCUT2D eigenvalue weighted by molar-refractivity contribution is 5.73. The van der Waals surface area contributed by atoms with Gasteiger partial charge in [-0.25, -0.2) is 9.55 Å². The lowest BCUT2D eigenvalue weighted by atomic mass is 10.1. The molecule has 9 heteroatoms. The summed E-state index contributed by atoms with van der Waals surface area (Å²) >= 11 is 0. The molecule has 0 spiro atoms. The summed E-state index contributed by atoms with van der Waals surface area (Å²) in [5.74, 6) is -0.454. The number of nitro groups is 1. The van der Waals surface area contributed by atoms with Crippen molar-refractivity contribution in [1.29, 1.82) is 0 Å². The maximum absolute atomic E-state index is 10.4. The molecule has 1 aromatic heterocycles. The Morgan fingerprint density at radius 3 is 2.45 bits per heavy atom. The summed E-state index contributed by atoms with van der Waals surface area (Å²) in [6.07, 6.45) is 1.19. The highest BCUT2D eigenvalue weighted by atomic mass is 16.6. The Morgan fingerprint density at radius 2 is 2.15 bits per heavy atom. The molecule has 0 bridgehead atoms. The Bertz CT molecular complexity index is 458. The predicted molar refractivity (Wildman–Crippen MR) is 71.2 cm³/mol. The molecule has 0 aromatic carbocycles. The van der Waals surface area contributed by atoms with Gasteiger partial charge in [0.2, 0.25) is 0 Å². The first-order valence-corrected chi connectivity index (χ1v) is 5.98. The number of rotatable bonds is 5. The Kier molecular flexibility index (Phi) is 7.40. The van der Waals surface area contributed by atoms with Gasteiger partial charge in [0, 0.05) is 6.92 Å². The van der Waals surface area contributed by atoms with E-state index in [1.165, 1.54) is 10.8 Å². The van der Waals surface area contributed by atoms with Crippen molar-refractivity contribution in [1.82, 2.24) is 9.55 Å². The number of aliphatic hydroxyl groups excluding tert-OH is 1. The van der Waals surface area contributed by atoms with Crippen molar-refractivity contribution in [2.75, 3.05) is 6.61 Å². The van der Waals surface area contributed by atoms with E-state index < -0.39 is 16.9 Å². The lowest BCUT2D eigenvalue weighted by molar-refractivity contribution is -0.392. The number of carboxylic acids is 1. The van der Waals surface area contributed by atoms with Crippen LogP contribution in [0.15, 0.2) is 6.20 Å². The third-order valence-electron chi connectivity index (χ3n) is 2.55. The van der Waals surface area contributed by atoms with Gasteiger partial charge >= 0.3 is 11.8 Å². The number of aryl methyl sites for hydroxylation is 1. The number of aliphatic carboxylic acids is 1. The molecule has 0 unspecified atom stereocenters. The molecule has 0 saturated carbocycles. The minimum absolute atomic E-state index is 0.0208. The van der Waals surface area contributed by atoms with E-state index in [9.17, 15) is 14.9 Å². The number of aromatic nitrogens is 2. The summed E-state index contributed by atoms with van der Waals surface area (Å²) in [5.41, 5.74) is 5.16. The van der Waals surface area contributed by atoms with Gasteiger partial charge in [0.1, 0.15) is 18.8 Å². The summed E-state index contributed by atoms with van der Waals surface area (Å²) in [5, 5.41) is 27.2. The van der Waals surface area contributed by atoms with Crippen molar-refractivity contribution in [2.24, 2.45) is 11.7 Å². The van der Waals surface area contributed by atoms with Gasteiger partial charge in [-0.1, -0.05) is 13.8 Å². The van der Waals surface area contributed by atoms with Crippen LogP contribution in [0.1, 0.15) is 19.7 Å². The zero-order valence-electron chi connectivity index (χ0n) is 11.7. The molecule has 0 amide bonds. The number of imidazole rings is 1. The quantitative estimate of drug-likeness (QED) is 0.516. The highest BCUT2D eigenvalue weighted by Crippen LogP contribution is 2.12. The minimum Gasteiger partial charge on any atom is -0.480 e. The SMILES string of the molecule is CC(C)[C@H](N)C(=O)O.Cc1ncc([N+](=O)[O-])n1CCO. The molecule has 4 N–H and O–H groups in total. The number of nitrogens with zero attached hydrogens (tertiary/aromatic N) is 3. The zero-order chi connectivity index (χ0) is 15.9. The normalized spacial score (nSPS) is 11.7. The van der Waals surface area contributed by atoms with Gasteiger partial charge in [-0.05, 0) is 10.8 Å². The van der Waals surface area contributed by atoms with Gasteiger partial charge in [-0.3, -0.25) is 4.79 Å². The van der Waals surface area contributed by atoms with Crippen LogP contribution < -0.4 is 5.73 Å². The van der Waals surface area contributed by atoms with E-state index in [-0.39, 0.29) is 24.9 Å². The van der Waals surface area contributed by atoms with Crippen molar-refractivity contribution in [2.45, 2.75) is 33.4 Å². The van der Waals surface area contributed by atoms with E-state index in [2.05, 4.69) is 4.98 Å². The topological polar surface area (TPSA) is 145 Å². The van der Waals surface area contributed by atoms with Gasteiger partial charge in [0.15, 0.2) is 5.82 Å². The molecule has 1 atom stereocenters. The number of hydrogen-bond acceptors (Lipinski definition) is 6. The second kappa shape index (κ2) is 8.23. The maximum atomic E-state index is 10.4. The van der Waals surface area contributed by atoms with Gasteiger partial charge in [-0.2, -0.15) is 0 Å². The number of carbonyl (C=O) groups is 1. The van der Waals surface area contributed by atoms with Crippen LogP contribution in [0.3, 0.4) is 0 Å². The summed E-state index contributed by atoms with van der Waals surface area (Å²) in [4.78, 5) is 23.6. The Hall–Kier alpha value is -2.00. The second-order valence-corrected chi connectivity index (χ2v) is 4.40. The van der Waals surface area contributed by atoms with Gasteiger partial charge in [0.25, 0.3) is 0 Å². The van der Waals surface area contributed by atoms with Crippen LogP contribution in [0, 0.1) is 23.0 Å². The van der Waals surface area contributed by atoms with Crippen LogP contribution in [-0.2, 0) is 11.3 Å². The first-order valence-electron chi connectivity index (χ1n) is 5.98. The van der Waals surface area contributed by atoms with Crippen LogP contribution in [0.25, 0.3) is 0 Å². The van der Waals surface area contributed by atoms with E-state index >= 15 is 0 Å². The second-order valence-electron chi connectivity index (χ2n) is 4.40. The number of carboxylic acid groups (broad SMARTS) is 1. The lowest BCUT2D eigenvalue weighted by Crippen LogP contribution is -2.34. The number of nitrogens with two attached hydrogens (primary N) is 1. The summed E-state index contributed by atoms with van der Waals surface area (Å²) in [7, 11) is 0.